The third-order valence-electron chi connectivity index (χ3n) is 3.49. The number of ether oxygens (including phenoxy) is 2. The Balaban J connectivity index is 2.14. The van der Waals surface area contributed by atoms with E-state index in [4.69, 9.17) is 9.29 Å². The number of esters is 2. The number of rotatable bonds is 6. The topological polar surface area (TPSA) is 107 Å². The number of alkyl halides is 3. The number of hydrogen-bond donors (Lipinski definition) is 1. The molecule has 0 aliphatic carbocycles. The first-order valence-corrected chi connectivity index (χ1v) is 11.9. The second-order valence-electron chi connectivity index (χ2n) is 5.84. The van der Waals surface area contributed by atoms with Crippen molar-refractivity contribution in [2.24, 2.45) is 0 Å². The minimum Gasteiger partial charge on any atom is -0.448 e. The van der Waals surface area contributed by atoms with Crippen molar-refractivity contribution >= 4 is 69.8 Å². The van der Waals surface area contributed by atoms with Crippen LogP contribution in [0.15, 0.2) is 49.8 Å². The van der Waals surface area contributed by atoms with Crippen molar-refractivity contribution in [1.29, 1.82) is 0 Å². The summed E-state index contributed by atoms with van der Waals surface area (Å²) >= 11 is 9.71. The summed E-state index contributed by atoms with van der Waals surface area (Å²) in [7, 11) is -5.06. The highest BCUT2D eigenvalue weighted by atomic mass is 79.9. The molecular formula is C17H10Br3F3O7S. The fourth-order valence-electron chi connectivity index (χ4n) is 2.14. The Bertz CT molecular complexity index is 1080. The molecular weight excluding hydrogens is 645 g/mol. The van der Waals surface area contributed by atoms with E-state index in [1.807, 2.05) is 0 Å². The van der Waals surface area contributed by atoms with E-state index < -0.39 is 40.1 Å². The maximum atomic E-state index is 12.9. The van der Waals surface area contributed by atoms with Crippen LogP contribution >= 0.6 is 47.8 Å². The fraction of sp³-hybridized carbons (Fsp3) is 0.176. The predicted molar refractivity (Wildman–Crippen MR) is 113 cm³/mol. The molecule has 0 bridgehead atoms. The van der Waals surface area contributed by atoms with E-state index in [1.54, 1.807) is 12.1 Å². The van der Waals surface area contributed by atoms with Crippen LogP contribution in [0.1, 0.15) is 20.7 Å². The summed E-state index contributed by atoms with van der Waals surface area (Å²) in [5.41, 5.74) is -0.194. The Morgan fingerprint density at radius 2 is 1.52 bits per heavy atom. The van der Waals surface area contributed by atoms with Gasteiger partial charge in [0.2, 0.25) is 6.10 Å². The summed E-state index contributed by atoms with van der Waals surface area (Å²) in [5.74, 6) is -4.10. The summed E-state index contributed by atoms with van der Waals surface area (Å²) in [6, 6.07) is 7.56. The highest BCUT2D eigenvalue weighted by molar-refractivity contribution is 9.11. The molecule has 31 heavy (non-hydrogen) atoms. The molecule has 0 spiro atoms. The molecule has 0 heterocycles. The van der Waals surface area contributed by atoms with Gasteiger partial charge in [-0.05, 0) is 68.3 Å². The van der Waals surface area contributed by atoms with E-state index in [-0.39, 0.29) is 16.9 Å². The summed E-state index contributed by atoms with van der Waals surface area (Å²) in [6.45, 7) is 0. The van der Waals surface area contributed by atoms with E-state index in [0.717, 1.165) is 24.3 Å². The van der Waals surface area contributed by atoms with E-state index in [2.05, 4.69) is 52.5 Å². The lowest BCUT2D eigenvalue weighted by Crippen LogP contribution is -2.39. The monoisotopic (exact) mass is 652 g/mol. The van der Waals surface area contributed by atoms with Crippen molar-refractivity contribution in [1.82, 2.24) is 0 Å². The molecule has 0 saturated heterocycles. The molecule has 1 N–H and O–H groups in total. The lowest BCUT2D eigenvalue weighted by molar-refractivity contribution is -0.197. The largest absolute Gasteiger partial charge is 0.448 e. The molecule has 2 aromatic carbocycles. The quantitative estimate of drug-likeness (QED) is 0.260. The van der Waals surface area contributed by atoms with Crippen LogP contribution in [0.25, 0.3) is 0 Å². The van der Waals surface area contributed by atoms with Crippen molar-refractivity contribution in [2.45, 2.75) is 12.3 Å². The van der Waals surface area contributed by atoms with Crippen LogP contribution in [0.4, 0.5) is 13.2 Å². The van der Waals surface area contributed by atoms with E-state index >= 15 is 0 Å². The number of carbonyl (C=O) groups excluding carboxylic acids is 2. The first-order chi connectivity index (χ1) is 14.2. The van der Waals surface area contributed by atoms with Crippen LogP contribution in [0.5, 0.6) is 5.75 Å². The molecule has 0 aromatic heterocycles. The normalized spacial score (nSPS) is 12.9. The summed E-state index contributed by atoms with van der Waals surface area (Å²) in [6.07, 6.45) is -8.27. The Hall–Kier alpha value is -1.48. The first-order valence-electron chi connectivity index (χ1n) is 7.87. The Morgan fingerprint density at radius 3 is 1.97 bits per heavy atom. The van der Waals surface area contributed by atoms with Crippen molar-refractivity contribution in [3.63, 3.8) is 0 Å². The number of benzene rings is 2. The fourth-order valence-corrected chi connectivity index (χ4v) is 5.36. The van der Waals surface area contributed by atoms with E-state index in [1.165, 1.54) is 0 Å². The van der Waals surface area contributed by atoms with Gasteiger partial charge in [0.15, 0.2) is 0 Å². The third-order valence-corrected chi connectivity index (χ3v) is 5.92. The molecule has 14 heteroatoms. The van der Waals surface area contributed by atoms with Gasteiger partial charge in [0, 0.05) is 13.4 Å². The molecule has 0 radical (unpaired) electrons. The smallest absolute Gasteiger partial charge is 0.426 e. The van der Waals surface area contributed by atoms with Gasteiger partial charge in [-0.1, -0.05) is 15.9 Å². The average Bonchev–Trinajstić information content (AvgIpc) is 2.58. The van der Waals surface area contributed by atoms with Crippen LogP contribution < -0.4 is 4.74 Å². The highest BCUT2D eigenvalue weighted by Crippen LogP contribution is 2.31. The lowest BCUT2D eigenvalue weighted by atomic mass is 10.2. The van der Waals surface area contributed by atoms with Gasteiger partial charge in [-0.2, -0.15) is 21.6 Å². The molecule has 0 aliphatic rings. The minimum atomic E-state index is -5.22. The van der Waals surface area contributed by atoms with E-state index in [0.29, 0.717) is 13.4 Å². The van der Waals surface area contributed by atoms with Crippen LogP contribution in [0.3, 0.4) is 0 Å². The van der Waals surface area contributed by atoms with Crippen molar-refractivity contribution in [3.05, 3.63) is 60.9 Å². The van der Waals surface area contributed by atoms with Gasteiger partial charge in [0.25, 0.3) is 10.1 Å². The van der Waals surface area contributed by atoms with Gasteiger partial charge in [-0.15, -0.1) is 0 Å². The number of hydrogen-bond acceptors (Lipinski definition) is 6. The molecule has 168 valence electrons. The van der Waals surface area contributed by atoms with Crippen LogP contribution in [0.2, 0.25) is 0 Å². The summed E-state index contributed by atoms with van der Waals surface area (Å²) in [4.78, 5) is 24.3. The molecule has 1 unspecified atom stereocenters. The molecule has 0 saturated carbocycles. The molecule has 0 fully saturated rings. The number of halogens is 6. The zero-order chi connectivity index (χ0) is 23.6. The summed E-state index contributed by atoms with van der Waals surface area (Å²) in [5, 5.41) is 0. The van der Waals surface area contributed by atoms with Gasteiger partial charge >= 0.3 is 18.1 Å². The molecule has 0 amide bonds. The van der Waals surface area contributed by atoms with Gasteiger partial charge in [0.1, 0.15) is 11.5 Å². The summed E-state index contributed by atoms with van der Waals surface area (Å²) < 4.78 is 79.6. The predicted octanol–water partition coefficient (Wildman–Crippen LogP) is 5.17. The van der Waals surface area contributed by atoms with Crippen molar-refractivity contribution in [3.8, 4) is 5.75 Å². The second kappa shape index (κ2) is 9.98. The van der Waals surface area contributed by atoms with Crippen LogP contribution in [0, 0.1) is 0 Å². The third kappa shape index (κ3) is 7.56. The molecule has 2 aromatic rings. The van der Waals surface area contributed by atoms with Gasteiger partial charge in [0.05, 0.1) is 11.1 Å². The zero-order valence-electron chi connectivity index (χ0n) is 14.8. The van der Waals surface area contributed by atoms with Crippen LogP contribution in [-0.4, -0.2) is 42.9 Å². The highest BCUT2D eigenvalue weighted by Gasteiger charge is 2.45. The Kier molecular flexibility index (Phi) is 8.30. The molecule has 1 atom stereocenters. The van der Waals surface area contributed by atoms with Crippen LogP contribution in [-0.2, 0) is 14.9 Å². The van der Waals surface area contributed by atoms with Gasteiger partial charge in [-0.3, -0.25) is 4.55 Å². The molecule has 7 nitrogen and oxygen atoms in total. The van der Waals surface area contributed by atoms with E-state index in [9.17, 15) is 31.2 Å². The lowest BCUT2D eigenvalue weighted by Gasteiger charge is -2.19. The van der Waals surface area contributed by atoms with Gasteiger partial charge < -0.3 is 9.47 Å². The Labute approximate surface area is 199 Å². The maximum absolute atomic E-state index is 12.9. The van der Waals surface area contributed by atoms with Crippen molar-refractivity contribution < 1.29 is 45.2 Å². The van der Waals surface area contributed by atoms with Crippen molar-refractivity contribution in [2.75, 3.05) is 5.75 Å². The maximum Gasteiger partial charge on any atom is 0.426 e. The first kappa shape index (κ1) is 25.8. The SMILES string of the molecule is O=C(OC(CS(=O)(=O)O)C(F)(F)F)c1ccc(OC(=O)c2c(Br)cc(Br)cc2Br)cc1. The number of carbonyl (C=O) groups is 2. The zero-order valence-corrected chi connectivity index (χ0v) is 20.4. The average molecular weight is 655 g/mol. The molecule has 2 rings (SSSR count). The minimum absolute atomic E-state index is 0.0198. The standard InChI is InChI=1S/C17H10Br3F3O7S/c18-9-5-11(19)14(12(20)6-9)16(25)29-10-3-1-8(2-4-10)15(24)30-13(17(21,22)23)7-31(26,27)28/h1-6,13H,7H2,(H,26,27,28). The Morgan fingerprint density at radius 1 is 1.00 bits per heavy atom. The van der Waals surface area contributed by atoms with Gasteiger partial charge in [-0.25, -0.2) is 9.59 Å². The molecule has 0 aliphatic heterocycles. The second-order valence-corrected chi connectivity index (χ2v) is 9.96.